The van der Waals surface area contributed by atoms with Crippen molar-refractivity contribution in [2.45, 2.75) is 40.0 Å². The minimum atomic E-state index is 0.117. The van der Waals surface area contributed by atoms with Gasteiger partial charge in [0.05, 0.1) is 5.52 Å². The average Bonchev–Trinajstić information content (AvgIpc) is 2.88. The molecule has 1 aliphatic heterocycles. The molecule has 0 atom stereocenters. The number of carbonyl (C=O) groups is 1. The monoisotopic (exact) mass is 282 g/mol. The third kappa shape index (κ3) is 2.41. The topological polar surface area (TPSA) is 33.2 Å². The summed E-state index contributed by atoms with van der Waals surface area (Å²) in [6.45, 7) is 7.01. The van der Waals surface area contributed by atoms with Crippen LogP contribution in [0.25, 0.3) is 10.9 Å². The molecule has 0 radical (unpaired) electrons. The molecule has 3 rings (SSSR count). The van der Waals surface area contributed by atoms with Crippen LogP contribution in [0.4, 0.5) is 5.82 Å². The fourth-order valence-corrected chi connectivity index (χ4v) is 3.14. The van der Waals surface area contributed by atoms with Crippen LogP contribution in [0.2, 0.25) is 0 Å². The summed E-state index contributed by atoms with van der Waals surface area (Å²) in [4.78, 5) is 19.3. The Labute approximate surface area is 126 Å². The van der Waals surface area contributed by atoms with Gasteiger partial charge in [0.2, 0.25) is 5.91 Å². The van der Waals surface area contributed by atoms with Crippen LogP contribution in [0.3, 0.4) is 0 Å². The summed E-state index contributed by atoms with van der Waals surface area (Å²) in [6, 6.07) is 8.51. The minimum Gasteiger partial charge on any atom is -0.296 e. The molecular formula is C18H22N2O. The molecular weight excluding hydrogens is 260 g/mol. The van der Waals surface area contributed by atoms with E-state index < -0.39 is 0 Å². The van der Waals surface area contributed by atoms with Gasteiger partial charge in [0.15, 0.2) is 0 Å². The summed E-state index contributed by atoms with van der Waals surface area (Å²) in [6.07, 6.45) is 2.71. The summed E-state index contributed by atoms with van der Waals surface area (Å²) in [7, 11) is 0. The summed E-state index contributed by atoms with van der Waals surface area (Å²) in [5, 5.41) is 1.16. The molecule has 0 fully saturated rings. The molecule has 2 aromatic rings. The Hall–Kier alpha value is -1.90. The van der Waals surface area contributed by atoms with Gasteiger partial charge in [-0.3, -0.25) is 9.69 Å². The Morgan fingerprint density at radius 1 is 1.29 bits per heavy atom. The van der Waals surface area contributed by atoms with Gasteiger partial charge in [-0.15, -0.1) is 0 Å². The van der Waals surface area contributed by atoms with Crippen LogP contribution < -0.4 is 4.90 Å². The molecule has 0 aliphatic carbocycles. The van der Waals surface area contributed by atoms with Gasteiger partial charge < -0.3 is 0 Å². The number of amides is 1. The van der Waals surface area contributed by atoms with Crippen LogP contribution in [0.1, 0.15) is 37.8 Å². The van der Waals surface area contributed by atoms with Crippen molar-refractivity contribution in [1.82, 2.24) is 4.98 Å². The highest BCUT2D eigenvalue weighted by Gasteiger charge is 2.30. The van der Waals surface area contributed by atoms with E-state index in [2.05, 4.69) is 45.0 Å². The second-order valence-electron chi connectivity index (χ2n) is 5.92. The molecule has 1 amide bonds. The van der Waals surface area contributed by atoms with Crippen LogP contribution >= 0.6 is 0 Å². The quantitative estimate of drug-likeness (QED) is 0.856. The lowest BCUT2D eigenvalue weighted by Crippen LogP contribution is -2.34. The Morgan fingerprint density at radius 3 is 2.76 bits per heavy atom. The Kier molecular flexibility index (Phi) is 3.66. The van der Waals surface area contributed by atoms with Crippen molar-refractivity contribution in [2.24, 2.45) is 5.92 Å². The molecule has 0 N–H and O–H groups in total. The summed E-state index contributed by atoms with van der Waals surface area (Å²) >= 11 is 0. The number of anilines is 1. The molecule has 0 saturated heterocycles. The molecule has 0 bridgehead atoms. The standard InChI is InChI=1S/C18H22N2O/c1-4-13(5-2)18(21)20-9-8-15-11-14-7-6-12(3)10-16(14)19-17(15)20/h6-7,10-11,13H,4-5,8-9H2,1-3H3. The highest BCUT2D eigenvalue weighted by molar-refractivity contribution is 5.97. The molecule has 3 heteroatoms. The highest BCUT2D eigenvalue weighted by Crippen LogP contribution is 2.31. The van der Waals surface area contributed by atoms with E-state index in [-0.39, 0.29) is 11.8 Å². The largest absolute Gasteiger partial charge is 0.296 e. The molecule has 2 heterocycles. The van der Waals surface area contributed by atoms with Crippen molar-refractivity contribution in [2.75, 3.05) is 11.4 Å². The van der Waals surface area contributed by atoms with Gasteiger partial charge in [-0.2, -0.15) is 0 Å². The number of hydrogen-bond donors (Lipinski definition) is 0. The highest BCUT2D eigenvalue weighted by atomic mass is 16.2. The normalized spacial score (nSPS) is 14.0. The Balaban J connectivity index is 2.03. The van der Waals surface area contributed by atoms with E-state index in [1.165, 1.54) is 11.1 Å². The van der Waals surface area contributed by atoms with Crippen LogP contribution in [0.15, 0.2) is 24.3 Å². The fraction of sp³-hybridized carbons (Fsp3) is 0.444. The molecule has 0 saturated carbocycles. The van der Waals surface area contributed by atoms with Crippen LogP contribution in [0.5, 0.6) is 0 Å². The number of hydrogen-bond acceptors (Lipinski definition) is 2. The molecule has 1 aliphatic rings. The minimum absolute atomic E-state index is 0.117. The van der Waals surface area contributed by atoms with Crippen molar-refractivity contribution in [1.29, 1.82) is 0 Å². The van der Waals surface area contributed by atoms with E-state index in [0.29, 0.717) is 0 Å². The lowest BCUT2D eigenvalue weighted by molar-refractivity contribution is -0.122. The predicted molar refractivity (Wildman–Crippen MR) is 86.6 cm³/mol. The maximum absolute atomic E-state index is 12.7. The van der Waals surface area contributed by atoms with Gasteiger partial charge in [-0.05, 0) is 49.4 Å². The first kappa shape index (κ1) is 14.1. The fourth-order valence-electron chi connectivity index (χ4n) is 3.14. The zero-order valence-corrected chi connectivity index (χ0v) is 13.0. The van der Waals surface area contributed by atoms with Gasteiger partial charge in [-0.25, -0.2) is 4.98 Å². The third-order valence-corrected chi connectivity index (χ3v) is 4.49. The number of aromatic nitrogens is 1. The van der Waals surface area contributed by atoms with Crippen molar-refractivity contribution in [3.8, 4) is 0 Å². The average molecular weight is 282 g/mol. The number of aryl methyl sites for hydroxylation is 1. The molecule has 0 unspecified atom stereocenters. The molecule has 0 spiro atoms. The van der Waals surface area contributed by atoms with Gasteiger partial charge in [0.25, 0.3) is 0 Å². The maximum atomic E-state index is 12.7. The van der Waals surface area contributed by atoms with E-state index in [0.717, 1.165) is 42.5 Å². The van der Waals surface area contributed by atoms with Crippen LogP contribution in [0, 0.1) is 12.8 Å². The van der Waals surface area contributed by atoms with E-state index in [9.17, 15) is 4.79 Å². The van der Waals surface area contributed by atoms with E-state index in [1.54, 1.807) is 0 Å². The smallest absolute Gasteiger partial charge is 0.231 e. The molecule has 3 nitrogen and oxygen atoms in total. The van der Waals surface area contributed by atoms with Crippen molar-refractivity contribution in [3.63, 3.8) is 0 Å². The second-order valence-corrected chi connectivity index (χ2v) is 5.92. The number of rotatable bonds is 3. The lowest BCUT2D eigenvalue weighted by Gasteiger charge is -2.21. The van der Waals surface area contributed by atoms with E-state index in [1.807, 2.05) is 4.90 Å². The lowest BCUT2D eigenvalue weighted by atomic mass is 10.0. The van der Waals surface area contributed by atoms with Crippen LogP contribution in [-0.4, -0.2) is 17.4 Å². The summed E-state index contributed by atoms with van der Waals surface area (Å²) in [5.41, 5.74) is 3.38. The zero-order valence-electron chi connectivity index (χ0n) is 13.0. The third-order valence-electron chi connectivity index (χ3n) is 4.49. The van der Waals surface area contributed by atoms with Crippen molar-refractivity contribution < 1.29 is 4.79 Å². The summed E-state index contributed by atoms with van der Waals surface area (Å²) < 4.78 is 0. The van der Waals surface area contributed by atoms with E-state index in [4.69, 9.17) is 4.98 Å². The SMILES string of the molecule is CCC(CC)C(=O)N1CCc2cc3ccc(C)cc3nc21. The first-order valence-corrected chi connectivity index (χ1v) is 7.85. The summed E-state index contributed by atoms with van der Waals surface area (Å²) in [5.74, 6) is 1.23. The van der Waals surface area contributed by atoms with Gasteiger partial charge in [0.1, 0.15) is 5.82 Å². The number of carbonyl (C=O) groups excluding carboxylic acids is 1. The number of fused-ring (bicyclic) bond motifs is 2. The Morgan fingerprint density at radius 2 is 2.05 bits per heavy atom. The first-order valence-electron chi connectivity index (χ1n) is 7.85. The van der Waals surface area contributed by atoms with Crippen molar-refractivity contribution in [3.05, 3.63) is 35.4 Å². The Bertz CT molecular complexity index is 689. The number of benzene rings is 1. The molecule has 21 heavy (non-hydrogen) atoms. The van der Waals surface area contributed by atoms with Gasteiger partial charge in [0, 0.05) is 17.8 Å². The van der Waals surface area contributed by atoms with E-state index >= 15 is 0 Å². The van der Waals surface area contributed by atoms with Gasteiger partial charge in [-0.1, -0.05) is 26.0 Å². The molecule has 110 valence electrons. The van der Waals surface area contributed by atoms with Crippen molar-refractivity contribution >= 4 is 22.6 Å². The first-order chi connectivity index (χ1) is 10.1. The predicted octanol–water partition coefficient (Wildman–Crippen LogP) is 3.87. The number of pyridine rings is 1. The van der Waals surface area contributed by atoms with Crippen LogP contribution in [-0.2, 0) is 11.2 Å². The molecule has 1 aromatic carbocycles. The zero-order chi connectivity index (χ0) is 15.0. The second kappa shape index (κ2) is 5.47. The van der Waals surface area contributed by atoms with Gasteiger partial charge >= 0.3 is 0 Å². The number of nitrogens with zero attached hydrogens (tertiary/aromatic N) is 2. The maximum Gasteiger partial charge on any atom is 0.231 e. The molecule has 1 aromatic heterocycles.